The van der Waals surface area contributed by atoms with E-state index in [-0.39, 0.29) is 39.0 Å². The Morgan fingerprint density at radius 3 is 2.24 bits per heavy atom. The van der Waals surface area contributed by atoms with Crippen LogP contribution >= 0.6 is 11.8 Å². The van der Waals surface area contributed by atoms with E-state index in [1.807, 2.05) is 0 Å². The topological polar surface area (TPSA) is 128 Å². The fraction of sp³-hybridized carbons (Fsp3) is 0.640. The van der Waals surface area contributed by atoms with Crippen molar-refractivity contribution in [1.29, 1.82) is 0 Å². The summed E-state index contributed by atoms with van der Waals surface area (Å²) < 4.78 is 5.29. The number of unbranched alkanes of at least 4 members (excludes halogenated alkanes) is 10. The molecule has 0 radical (unpaired) electrons. The standard InChI is InChI=1S/C25H41N3O3S.Cu.H2O/c1-3-5-7-9-11-13-18-31-24(30)22-17-15-16-21(23(22)29)20-27-28-25(26)32-19-14-12-10-8-6-4-2;;/h15-17,20H,3-14,18-19H2,1-2H3,(H3,26,27,28,29,30);;1H2/q;+1;. The summed E-state index contributed by atoms with van der Waals surface area (Å²) in [4.78, 5) is 12.3. The molecular formula is C25H43CuN3O4S+. The van der Waals surface area contributed by atoms with Crippen LogP contribution in [0.3, 0.4) is 0 Å². The van der Waals surface area contributed by atoms with Crippen molar-refractivity contribution in [3.8, 4) is 5.75 Å². The van der Waals surface area contributed by atoms with E-state index in [0.29, 0.717) is 12.2 Å². The van der Waals surface area contributed by atoms with Crippen LogP contribution in [0, 0.1) is 0 Å². The maximum atomic E-state index is 12.3. The van der Waals surface area contributed by atoms with Gasteiger partial charge in [-0.3, -0.25) is 5.10 Å². The SMILES string of the molecule is CCCCCCCCOC(=O)c1cccc(C=NN=C([NH-])SCCCCCCCC)c1O.[Cu+].[OH3+]. The van der Waals surface area contributed by atoms with E-state index < -0.39 is 5.97 Å². The molecule has 0 aliphatic carbocycles. The first-order chi connectivity index (χ1) is 15.6. The number of ether oxygens (including phenoxy) is 1. The van der Waals surface area contributed by atoms with Crippen LogP contribution in [0.15, 0.2) is 28.4 Å². The van der Waals surface area contributed by atoms with Crippen LogP contribution in [0.5, 0.6) is 5.75 Å². The second-order valence-electron chi connectivity index (χ2n) is 7.91. The monoisotopic (exact) mass is 544 g/mol. The predicted molar refractivity (Wildman–Crippen MR) is 142 cm³/mol. The zero-order chi connectivity index (χ0) is 23.4. The van der Waals surface area contributed by atoms with Gasteiger partial charge in [0.1, 0.15) is 11.3 Å². The fourth-order valence-corrected chi connectivity index (χ4v) is 3.83. The number of esters is 1. The van der Waals surface area contributed by atoms with Crippen LogP contribution in [-0.4, -0.2) is 34.8 Å². The number of benzene rings is 1. The first-order valence-electron chi connectivity index (χ1n) is 12.0. The average Bonchev–Trinajstić information content (AvgIpc) is 2.79. The number of amidine groups is 1. The van der Waals surface area contributed by atoms with Crippen molar-refractivity contribution in [2.45, 2.75) is 90.9 Å². The molecule has 0 unspecified atom stereocenters. The minimum atomic E-state index is -0.537. The molecule has 1 aromatic rings. The molecule has 0 atom stereocenters. The minimum absolute atomic E-state index is 0. The zero-order valence-electron chi connectivity index (χ0n) is 20.7. The fourth-order valence-electron chi connectivity index (χ4n) is 3.18. The summed E-state index contributed by atoms with van der Waals surface area (Å²) in [5.41, 5.74) is 8.35. The number of para-hydroxylation sites is 1. The Hall–Kier alpha value is -1.54. The van der Waals surface area contributed by atoms with Crippen molar-refractivity contribution in [3.63, 3.8) is 0 Å². The van der Waals surface area contributed by atoms with Gasteiger partial charge in [0, 0.05) is 11.8 Å². The molecule has 1 aromatic carbocycles. The smallest absolute Gasteiger partial charge is 0.506 e. The minimum Gasteiger partial charge on any atom is -0.506 e. The van der Waals surface area contributed by atoms with Crippen molar-refractivity contribution in [2.75, 3.05) is 12.4 Å². The molecule has 0 amide bonds. The van der Waals surface area contributed by atoms with E-state index in [4.69, 9.17) is 10.5 Å². The predicted octanol–water partition coefficient (Wildman–Crippen LogP) is 6.82. The Morgan fingerprint density at radius 1 is 1.00 bits per heavy atom. The van der Waals surface area contributed by atoms with Crippen LogP contribution < -0.4 is 0 Å². The van der Waals surface area contributed by atoms with Gasteiger partial charge in [-0.05, 0) is 35.9 Å². The van der Waals surface area contributed by atoms with Gasteiger partial charge in [0.25, 0.3) is 0 Å². The molecule has 9 heteroatoms. The molecule has 0 saturated heterocycles. The summed E-state index contributed by atoms with van der Waals surface area (Å²) >= 11 is 1.37. The molecule has 0 saturated carbocycles. The Kier molecular flexibility index (Phi) is 23.6. The van der Waals surface area contributed by atoms with Crippen molar-refractivity contribution in [2.24, 2.45) is 10.2 Å². The Labute approximate surface area is 220 Å². The maximum absolute atomic E-state index is 12.3. The van der Waals surface area contributed by atoms with E-state index in [9.17, 15) is 9.90 Å². The zero-order valence-corrected chi connectivity index (χ0v) is 22.4. The molecule has 0 aliphatic rings. The van der Waals surface area contributed by atoms with Crippen molar-refractivity contribution < 1.29 is 37.2 Å². The summed E-state index contributed by atoms with van der Waals surface area (Å²) in [6.07, 6.45) is 15.4. The van der Waals surface area contributed by atoms with Gasteiger partial charge in [-0.25, -0.2) is 4.79 Å². The molecule has 0 aliphatic heterocycles. The average molecular weight is 545 g/mol. The molecule has 0 fully saturated rings. The molecular weight excluding hydrogens is 502 g/mol. The molecule has 0 heterocycles. The Morgan fingerprint density at radius 2 is 1.59 bits per heavy atom. The number of thioether (sulfide) groups is 1. The first-order valence-corrected chi connectivity index (χ1v) is 13.0. The van der Waals surface area contributed by atoms with Crippen molar-refractivity contribution in [3.05, 3.63) is 35.1 Å². The molecule has 34 heavy (non-hydrogen) atoms. The van der Waals surface area contributed by atoms with E-state index >= 15 is 0 Å². The molecule has 0 spiro atoms. The second kappa shape index (κ2) is 23.2. The summed E-state index contributed by atoms with van der Waals surface area (Å²) in [5, 5.41) is 18.3. The number of hydrogen-bond acceptors (Lipinski definition) is 6. The van der Waals surface area contributed by atoms with E-state index in [0.717, 1.165) is 31.4 Å². The summed E-state index contributed by atoms with van der Waals surface area (Å²) in [5.74, 6) is 0.144. The third kappa shape index (κ3) is 16.1. The van der Waals surface area contributed by atoms with Gasteiger partial charge < -0.3 is 26.2 Å². The van der Waals surface area contributed by atoms with Crippen molar-refractivity contribution >= 4 is 29.1 Å². The van der Waals surface area contributed by atoms with Gasteiger partial charge in [-0.15, -0.1) is 11.8 Å². The summed E-state index contributed by atoms with van der Waals surface area (Å²) in [6, 6.07) is 4.85. The van der Waals surface area contributed by atoms with Gasteiger partial charge in [0.15, 0.2) is 0 Å². The van der Waals surface area contributed by atoms with Gasteiger partial charge in [-0.1, -0.05) is 84.1 Å². The molecule has 7 nitrogen and oxygen atoms in total. The summed E-state index contributed by atoms with van der Waals surface area (Å²) in [7, 11) is 0. The number of phenolic OH excluding ortho intramolecular Hbond substituents is 1. The molecule has 5 N–H and O–H groups in total. The second-order valence-corrected chi connectivity index (χ2v) is 9.00. The van der Waals surface area contributed by atoms with Gasteiger partial charge in [-0.2, -0.15) is 0 Å². The van der Waals surface area contributed by atoms with E-state index in [2.05, 4.69) is 24.1 Å². The van der Waals surface area contributed by atoms with Gasteiger partial charge >= 0.3 is 23.0 Å². The number of hydrogen-bond donors (Lipinski definition) is 1. The number of nitrogens with zero attached hydrogens (tertiary/aromatic N) is 2. The molecule has 0 aromatic heterocycles. The maximum Gasteiger partial charge on any atom is 1.00 e. The number of rotatable bonds is 17. The third-order valence-corrected chi connectivity index (χ3v) is 5.95. The largest absolute Gasteiger partial charge is 1.00 e. The van der Waals surface area contributed by atoms with Crippen LogP contribution in [0.2, 0.25) is 0 Å². The van der Waals surface area contributed by atoms with Crippen LogP contribution in [-0.2, 0) is 27.3 Å². The molecule has 198 valence electrons. The van der Waals surface area contributed by atoms with Crippen molar-refractivity contribution in [1.82, 2.24) is 0 Å². The normalized spacial score (nSPS) is 11.2. The quantitative estimate of drug-likeness (QED) is 0.0438. The van der Waals surface area contributed by atoms with Gasteiger partial charge in [0.05, 0.1) is 6.61 Å². The summed E-state index contributed by atoms with van der Waals surface area (Å²) in [6.45, 7) is 4.74. The van der Waals surface area contributed by atoms with E-state index in [1.54, 1.807) is 12.1 Å². The number of aromatic hydroxyl groups is 1. The molecule has 1 rings (SSSR count). The molecule has 0 bridgehead atoms. The van der Waals surface area contributed by atoms with Crippen LogP contribution in [0.4, 0.5) is 0 Å². The Balaban J connectivity index is 0. The van der Waals surface area contributed by atoms with Crippen LogP contribution in [0.25, 0.3) is 5.73 Å². The third-order valence-electron chi connectivity index (χ3n) is 5.10. The first kappa shape index (κ1) is 34.6. The van der Waals surface area contributed by atoms with Gasteiger partial charge in [0.2, 0.25) is 0 Å². The Bertz CT molecular complexity index is 717. The number of phenols is 1. The number of carbonyl (C=O) groups excluding carboxylic acids is 1. The van der Waals surface area contributed by atoms with E-state index in [1.165, 1.54) is 75.4 Å². The van der Waals surface area contributed by atoms with Crippen LogP contribution in [0.1, 0.15) is 107 Å². The number of carbonyl (C=O) groups is 1. The number of nitrogens with one attached hydrogen (secondary N) is 1.